The molecule has 2 fully saturated rings. The maximum Gasteiger partial charge on any atom is 0.225 e. The zero-order valence-corrected chi connectivity index (χ0v) is 13.4. The highest BCUT2D eigenvalue weighted by Crippen LogP contribution is 2.23. The van der Waals surface area contributed by atoms with E-state index in [1.165, 1.54) is 0 Å². The van der Waals surface area contributed by atoms with Crippen molar-refractivity contribution >= 4 is 17.2 Å². The Morgan fingerprint density at radius 2 is 2.50 bits per heavy atom. The normalized spacial score (nSPS) is 29.6. The van der Waals surface area contributed by atoms with Gasteiger partial charge >= 0.3 is 0 Å². The van der Waals surface area contributed by atoms with Crippen molar-refractivity contribution in [2.24, 2.45) is 5.92 Å². The number of nitrogens with one attached hydrogen (secondary N) is 1. The Morgan fingerprint density at radius 3 is 3.23 bits per heavy atom. The van der Waals surface area contributed by atoms with Crippen LogP contribution in [0, 0.1) is 5.92 Å². The zero-order chi connectivity index (χ0) is 15.4. The standard InChI is InChI=1S/C15H22FN3O2S/c16-12-6-13(19(8-12)9-14-17-3-5-22-14)7-18-15(20)11-2-1-4-21-10-11/h3,5,11-13H,1-2,4,6-10H2,(H,18,20)/t11?,12-,13-/m0/s1. The molecule has 7 heteroatoms. The number of rotatable bonds is 5. The van der Waals surface area contributed by atoms with Crippen molar-refractivity contribution in [3.8, 4) is 0 Å². The lowest BCUT2D eigenvalue weighted by Crippen LogP contribution is -2.43. The summed E-state index contributed by atoms with van der Waals surface area (Å²) in [5.74, 6) is -0.0139. The Balaban J connectivity index is 1.50. The van der Waals surface area contributed by atoms with E-state index in [1.807, 2.05) is 5.38 Å². The fourth-order valence-electron chi connectivity index (χ4n) is 3.14. The molecule has 1 amide bonds. The van der Waals surface area contributed by atoms with Crippen LogP contribution in [0.5, 0.6) is 0 Å². The number of alkyl halides is 1. The highest BCUT2D eigenvalue weighted by Gasteiger charge is 2.33. The minimum atomic E-state index is -0.820. The van der Waals surface area contributed by atoms with E-state index in [-0.39, 0.29) is 17.9 Å². The second kappa shape index (κ2) is 7.48. The van der Waals surface area contributed by atoms with Crippen molar-refractivity contribution < 1.29 is 13.9 Å². The number of ether oxygens (including phenoxy) is 1. The Bertz CT molecular complexity index is 479. The van der Waals surface area contributed by atoms with Crippen molar-refractivity contribution in [3.63, 3.8) is 0 Å². The molecule has 0 aromatic carbocycles. The number of likely N-dealkylation sites (tertiary alicyclic amines) is 1. The van der Waals surface area contributed by atoms with Crippen molar-refractivity contribution in [1.29, 1.82) is 0 Å². The molecule has 0 aliphatic carbocycles. The summed E-state index contributed by atoms with van der Waals surface area (Å²) in [5.41, 5.74) is 0. The van der Waals surface area contributed by atoms with Gasteiger partial charge in [0.05, 0.1) is 19.1 Å². The number of carbonyl (C=O) groups excluding carboxylic acids is 1. The first-order valence-corrected chi connectivity index (χ1v) is 8.72. The molecule has 1 aromatic rings. The topological polar surface area (TPSA) is 54.5 Å². The van der Waals surface area contributed by atoms with Gasteiger partial charge in [-0.05, 0) is 19.3 Å². The molecule has 2 aliphatic heterocycles. The third-order valence-corrected chi connectivity index (χ3v) is 5.11. The zero-order valence-electron chi connectivity index (χ0n) is 12.5. The highest BCUT2D eigenvalue weighted by atomic mass is 32.1. The molecule has 3 atom stereocenters. The van der Waals surface area contributed by atoms with Crippen molar-refractivity contribution in [3.05, 3.63) is 16.6 Å². The van der Waals surface area contributed by atoms with E-state index in [9.17, 15) is 9.18 Å². The van der Waals surface area contributed by atoms with Gasteiger partial charge in [0.15, 0.2) is 0 Å². The van der Waals surface area contributed by atoms with Crippen LogP contribution < -0.4 is 5.32 Å². The Kier molecular flexibility index (Phi) is 5.38. The van der Waals surface area contributed by atoms with Gasteiger partial charge in [0.25, 0.3) is 0 Å². The largest absolute Gasteiger partial charge is 0.381 e. The average Bonchev–Trinajstić information content (AvgIpc) is 3.16. The fourth-order valence-corrected chi connectivity index (χ4v) is 3.78. The molecule has 2 aliphatic rings. The lowest BCUT2D eigenvalue weighted by Gasteiger charge is -2.25. The molecule has 0 spiro atoms. The molecule has 2 saturated heterocycles. The van der Waals surface area contributed by atoms with Gasteiger partial charge < -0.3 is 10.1 Å². The molecular weight excluding hydrogens is 305 g/mol. The maximum atomic E-state index is 13.7. The van der Waals surface area contributed by atoms with Crippen LogP contribution in [0.4, 0.5) is 4.39 Å². The van der Waals surface area contributed by atoms with Gasteiger partial charge in [-0.25, -0.2) is 9.37 Å². The molecule has 122 valence electrons. The van der Waals surface area contributed by atoms with Crippen molar-refractivity contribution in [1.82, 2.24) is 15.2 Å². The number of carbonyl (C=O) groups is 1. The summed E-state index contributed by atoms with van der Waals surface area (Å²) in [6.07, 6.45) is 3.24. The number of aromatic nitrogens is 1. The van der Waals surface area contributed by atoms with E-state index >= 15 is 0 Å². The van der Waals surface area contributed by atoms with E-state index in [0.29, 0.717) is 32.7 Å². The predicted molar refractivity (Wildman–Crippen MR) is 82.4 cm³/mol. The van der Waals surface area contributed by atoms with E-state index in [1.54, 1.807) is 17.5 Å². The summed E-state index contributed by atoms with van der Waals surface area (Å²) in [6, 6.07) is 0.0485. The molecule has 0 radical (unpaired) electrons. The summed E-state index contributed by atoms with van der Waals surface area (Å²) in [4.78, 5) is 18.5. The average molecular weight is 327 g/mol. The lowest BCUT2D eigenvalue weighted by molar-refractivity contribution is -0.129. The monoisotopic (exact) mass is 327 g/mol. The highest BCUT2D eigenvalue weighted by molar-refractivity contribution is 7.09. The van der Waals surface area contributed by atoms with Gasteiger partial charge in [-0.1, -0.05) is 0 Å². The third-order valence-electron chi connectivity index (χ3n) is 4.34. The van der Waals surface area contributed by atoms with Gasteiger partial charge in [0, 0.05) is 37.3 Å². The molecule has 0 saturated carbocycles. The second-order valence-corrected chi connectivity index (χ2v) is 6.98. The number of amides is 1. The van der Waals surface area contributed by atoms with Crippen molar-refractivity contribution in [2.45, 2.75) is 38.0 Å². The Morgan fingerprint density at radius 1 is 1.59 bits per heavy atom. The van der Waals surface area contributed by atoms with Crippen LogP contribution in [0.15, 0.2) is 11.6 Å². The van der Waals surface area contributed by atoms with E-state index in [4.69, 9.17) is 4.74 Å². The number of hydrogen-bond donors (Lipinski definition) is 1. The number of halogens is 1. The van der Waals surface area contributed by atoms with Crippen molar-refractivity contribution in [2.75, 3.05) is 26.3 Å². The minimum absolute atomic E-state index is 0.0382. The molecule has 1 aromatic heterocycles. The summed E-state index contributed by atoms with van der Waals surface area (Å²) < 4.78 is 19.1. The summed E-state index contributed by atoms with van der Waals surface area (Å²) in [6.45, 7) is 2.83. The number of hydrogen-bond acceptors (Lipinski definition) is 5. The first kappa shape index (κ1) is 15.8. The van der Waals surface area contributed by atoms with Crippen LogP contribution in [-0.4, -0.2) is 54.3 Å². The van der Waals surface area contributed by atoms with Gasteiger partial charge in [0.1, 0.15) is 11.2 Å². The van der Waals surface area contributed by atoms with Crippen LogP contribution in [0.1, 0.15) is 24.3 Å². The molecule has 1 N–H and O–H groups in total. The number of nitrogens with zero attached hydrogens (tertiary/aromatic N) is 2. The lowest BCUT2D eigenvalue weighted by atomic mass is 10.0. The first-order valence-electron chi connectivity index (χ1n) is 7.84. The number of thiazole rings is 1. The molecule has 22 heavy (non-hydrogen) atoms. The first-order chi connectivity index (χ1) is 10.7. The Hall–Kier alpha value is -1.05. The Labute approximate surface area is 133 Å². The molecule has 5 nitrogen and oxygen atoms in total. The smallest absolute Gasteiger partial charge is 0.225 e. The van der Waals surface area contributed by atoms with Gasteiger partial charge in [-0.3, -0.25) is 9.69 Å². The van der Waals surface area contributed by atoms with Crippen LogP contribution >= 0.6 is 11.3 Å². The summed E-state index contributed by atoms with van der Waals surface area (Å²) in [5, 5.41) is 5.90. The van der Waals surface area contributed by atoms with Crippen LogP contribution in [0.3, 0.4) is 0 Å². The van der Waals surface area contributed by atoms with E-state index < -0.39 is 6.17 Å². The van der Waals surface area contributed by atoms with Gasteiger partial charge in [-0.2, -0.15) is 0 Å². The quantitative estimate of drug-likeness (QED) is 0.892. The molecule has 3 heterocycles. The summed E-state index contributed by atoms with van der Waals surface area (Å²) in [7, 11) is 0. The summed E-state index contributed by atoms with van der Waals surface area (Å²) >= 11 is 1.58. The van der Waals surface area contributed by atoms with Gasteiger partial charge in [0.2, 0.25) is 5.91 Å². The SMILES string of the molecule is O=C(NC[C@@H]1C[C@H](F)CN1Cc1nccs1)C1CCCOC1. The second-order valence-electron chi connectivity index (χ2n) is 6.00. The van der Waals surface area contributed by atoms with E-state index in [2.05, 4.69) is 15.2 Å². The van der Waals surface area contributed by atoms with Crippen LogP contribution in [-0.2, 0) is 16.1 Å². The maximum absolute atomic E-state index is 13.7. The molecule has 1 unspecified atom stereocenters. The van der Waals surface area contributed by atoms with Crippen LogP contribution in [0.2, 0.25) is 0 Å². The van der Waals surface area contributed by atoms with Gasteiger partial charge in [-0.15, -0.1) is 11.3 Å². The van der Waals surface area contributed by atoms with Crippen LogP contribution in [0.25, 0.3) is 0 Å². The molecule has 0 bridgehead atoms. The fraction of sp³-hybridized carbons (Fsp3) is 0.733. The molecular formula is C15H22FN3O2S. The predicted octanol–water partition coefficient (Wildman–Crippen LogP) is 1.60. The van der Waals surface area contributed by atoms with E-state index in [0.717, 1.165) is 24.5 Å². The molecule has 3 rings (SSSR count). The minimum Gasteiger partial charge on any atom is -0.381 e. The third kappa shape index (κ3) is 4.02.